The van der Waals surface area contributed by atoms with E-state index >= 15 is 0 Å². The Morgan fingerprint density at radius 2 is 2.04 bits per heavy atom. The van der Waals surface area contributed by atoms with Gasteiger partial charge in [0, 0.05) is 18.0 Å². The summed E-state index contributed by atoms with van der Waals surface area (Å²) in [4.78, 5) is 11.8. The maximum atomic E-state index is 11.8. The highest BCUT2D eigenvalue weighted by molar-refractivity contribution is 5.68. The fourth-order valence-corrected chi connectivity index (χ4v) is 3.25. The highest BCUT2D eigenvalue weighted by atomic mass is 16.6. The van der Waals surface area contributed by atoms with Crippen LogP contribution in [-0.4, -0.2) is 22.9 Å². The van der Waals surface area contributed by atoms with Crippen LogP contribution in [0.2, 0.25) is 0 Å². The Bertz CT molecular complexity index is 641. The van der Waals surface area contributed by atoms with Crippen molar-refractivity contribution in [3.05, 3.63) is 17.5 Å². The van der Waals surface area contributed by atoms with Gasteiger partial charge >= 0.3 is 6.09 Å². The summed E-state index contributed by atoms with van der Waals surface area (Å²) in [5.74, 6) is 1.19. The topological polar surface area (TPSA) is 88.1 Å². The number of rotatable bonds is 3. The molecular weight excluding hydrogens is 306 g/mol. The Balaban J connectivity index is 1.51. The maximum absolute atomic E-state index is 11.8. The summed E-state index contributed by atoms with van der Waals surface area (Å²) < 4.78 is 10.8. The third-order valence-corrected chi connectivity index (χ3v) is 4.83. The van der Waals surface area contributed by atoms with E-state index in [1.807, 2.05) is 26.8 Å². The Morgan fingerprint density at radius 3 is 2.58 bits per heavy atom. The summed E-state index contributed by atoms with van der Waals surface area (Å²) in [5, 5.41) is 16.3. The molecule has 1 amide bonds. The molecule has 1 aromatic heterocycles. The van der Waals surface area contributed by atoms with Crippen LogP contribution in [0.25, 0.3) is 0 Å². The zero-order valence-electron chi connectivity index (χ0n) is 14.6. The standard InChI is InChI=1S/C18H25N3O3/c1-17(2,3)23-16(22)20-13-6-4-12(5-7-13)14-10-15(21-24-14)18(11-19)8-9-18/h10,12-13H,4-9H2,1-3H3,(H,20,22). The first-order chi connectivity index (χ1) is 11.3. The lowest BCUT2D eigenvalue weighted by atomic mass is 9.84. The summed E-state index contributed by atoms with van der Waals surface area (Å²) in [7, 11) is 0. The number of hydrogen-bond acceptors (Lipinski definition) is 5. The molecule has 2 aliphatic carbocycles. The summed E-state index contributed by atoms with van der Waals surface area (Å²) in [5.41, 5.74) is -0.0807. The third kappa shape index (κ3) is 3.72. The van der Waals surface area contributed by atoms with Crippen LogP contribution in [0.1, 0.15) is 76.7 Å². The van der Waals surface area contributed by atoms with Crippen molar-refractivity contribution >= 4 is 6.09 Å². The molecule has 1 N–H and O–H groups in total. The Morgan fingerprint density at radius 1 is 1.38 bits per heavy atom. The van der Waals surface area contributed by atoms with E-state index in [1.54, 1.807) is 0 Å². The summed E-state index contributed by atoms with van der Waals surface area (Å²) in [6.07, 6.45) is 5.07. The molecule has 6 nitrogen and oxygen atoms in total. The molecule has 0 aliphatic heterocycles. The molecule has 0 aromatic carbocycles. The largest absolute Gasteiger partial charge is 0.444 e. The minimum absolute atomic E-state index is 0.146. The van der Waals surface area contributed by atoms with Crippen molar-refractivity contribution in [2.24, 2.45) is 0 Å². The van der Waals surface area contributed by atoms with Crippen LogP contribution >= 0.6 is 0 Å². The van der Waals surface area contributed by atoms with Gasteiger partial charge in [0.15, 0.2) is 0 Å². The van der Waals surface area contributed by atoms with E-state index < -0.39 is 11.0 Å². The second kappa shape index (κ2) is 6.12. The summed E-state index contributed by atoms with van der Waals surface area (Å²) in [6.45, 7) is 5.58. The van der Waals surface area contributed by atoms with Gasteiger partial charge in [-0.15, -0.1) is 0 Å². The lowest BCUT2D eigenvalue weighted by Crippen LogP contribution is -2.40. The number of aromatic nitrogens is 1. The monoisotopic (exact) mass is 331 g/mol. The normalized spacial score (nSPS) is 25.6. The number of nitrogens with zero attached hydrogens (tertiary/aromatic N) is 2. The van der Waals surface area contributed by atoms with Gasteiger partial charge in [0.05, 0.1) is 6.07 Å². The van der Waals surface area contributed by atoms with Crippen molar-refractivity contribution in [3.63, 3.8) is 0 Å². The van der Waals surface area contributed by atoms with Crippen LogP contribution in [0.4, 0.5) is 4.79 Å². The fourth-order valence-electron chi connectivity index (χ4n) is 3.25. The van der Waals surface area contributed by atoms with Crippen molar-refractivity contribution in [1.29, 1.82) is 5.26 Å². The van der Waals surface area contributed by atoms with Crippen LogP contribution in [0, 0.1) is 11.3 Å². The van der Waals surface area contributed by atoms with E-state index in [0.29, 0.717) is 5.92 Å². The molecule has 1 aromatic rings. The average molecular weight is 331 g/mol. The fraction of sp³-hybridized carbons (Fsp3) is 0.722. The zero-order chi connectivity index (χ0) is 17.4. The van der Waals surface area contributed by atoms with Crippen LogP contribution in [0.3, 0.4) is 0 Å². The Hall–Kier alpha value is -2.03. The molecule has 0 atom stereocenters. The average Bonchev–Trinajstić information content (AvgIpc) is 3.15. The van der Waals surface area contributed by atoms with Crippen molar-refractivity contribution in [2.75, 3.05) is 0 Å². The number of carbonyl (C=O) groups is 1. The van der Waals surface area contributed by atoms with E-state index in [2.05, 4.69) is 16.5 Å². The number of amides is 1. The highest BCUT2D eigenvalue weighted by Crippen LogP contribution is 2.47. The molecule has 0 unspecified atom stereocenters. The molecule has 0 bridgehead atoms. The first-order valence-corrected chi connectivity index (χ1v) is 8.69. The van der Waals surface area contributed by atoms with Crippen LogP contribution in [0.5, 0.6) is 0 Å². The number of nitriles is 1. The molecule has 0 spiro atoms. The molecular formula is C18H25N3O3. The summed E-state index contributed by atoms with van der Waals surface area (Å²) in [6, 6.07) is 4.45. The molecule has 0 saturated heterocycles. The van der Waals surface area contributed by atoms with Gasteiger partial charge in [-0.05, 0) is 59.3 Å². The predicted octanol–water partition coefficient (Wildman–Crippen LogP) is 3.78. The van der Waals surface area contributed by atoms with E-state index in [4.69, 9.17) is 9.26 Å². The van der Waals surface area contributed by atoms with Crippen molar-refractivity contribution in [2.45, 2.75) is 82.3 Å². The number of carbonyl (C=O) groups excluding carboxylic acids is 1. The molecule has 6 heteroatoms. The van der Waals surface area contributed by atoms with Gasteiger partial charge < -0.3 is 14.6 Å². The van der Waals surface area contributed by atoms with Gasteiger partial charge in [-0.3, -0.25) is 0 Å². The van der Waals surface area contributed by atoms with Gasteiger partial charge in [0.2, 0.25) is 0 Å². The van der Waals surface area contributed by atoms with Crippen LogP contribution in [0.15, 0.2) is 10.6 Å². The molecule has 2 aliphatic rings. The smallest absolute Gasteiger partial charge is 0.407 e. The first kappa shape index (κ1) is 16.8. The minimum atomic E-state index is -0.475. The second-order valence-electron chi connectivity index (χ2n) is 8.00. The quantitative estimate of drug-likeness (QED) is 0.910. The lowest BCUT2D eigenvalue weighted by molar-refractivity contribution is 0.0490. The molecule has 130 valence electrons. The van der Waals surface area contributed by atoms with E-state index in [9.17, 15) is 10.1 Å². The van der Waals surface area contributed by atoms with Crippen molar-refractivity contribution in [3.8, 4) is 6.07 Å². The van der Waals surface area contributed by atoms with E-state index in [1.165, 1.54) is 0 Å². The molecule has 3 rings (SSSR count). The van der Waals surface area contributed by atoms with Crippen LogP contribution < -0.4 is 5.32 Å². The number of nitrogens with one attached hydrogen (secondary N) is 1. The Kier molecular flexibility index (Phi) is 4.29. The second-order valence-corrected chi connectivity index (χ2v) is 8.00. The Labute approximate surface area is 142 Å². The third-order valence-electron chi connectivity index (χ3n) is 4.83. The van der Waals surface area contributed by atoms with Gasteiger partial charge in [0.1, 0.15) is 22.5 Å². The van der Waals surface area contributed by atoms with Gasteiger partial charge in [-0.2, -0.15) is 5.26 Å². The number of alkyl carbamates (subject to hydrolysis) is 1. The SMILES string of the molecule is CC(C)(C)OC(=O)NC1CCC(c2cc(C3(C#N)CC3)no2)CC1. The van der Waals surface area contributed by atoms with Gasteiger partial charge in [0.25, 0.3) is 0 Å². The predicted molar refractivity (Wildman–Crippen MR) is 87.4 cm³/mol. The molecule has 24 heavy (non-hydrogen) atoms. The van der Waals surface area contributed by atoms with Gasteiger partial charge in [-0.1, -0.05) is 5.16 Å². The molecule has 0 radical (unpaired) electrons. The van der Waals surface area contributed by atoms with E-state index in [0.717, 1.165) is 50.0 Å². The number of hydrogen-bond donors (Lipinski definition) is 1. The van der Waals surface area contributed by atoms with Crippen molar-refractivity contribution < 1.29 is 14.1 Å². The molecule has 1 heterocycles. The maximum Gasteiger partial charge on any atom is 0.407 e. The molecule has 2 fully saturated rings. The highest BCUT2D eigenvalue weighted by Gasteiger charge is 2.48. The number of ether oxygens (including phenoxy) is 1. The van der Waals surface area contributed by atoms with E-state index in [-0.39, 0.29) is 12.1 Å². The van der Waals surface area contributed by atoms with Crippen molar-refractivity contribution in [1.82, 2.24) is 10.5 Å². The first-order valence-electron chi connectivity index (χ1n) is 8.69. The summed E-state index contributed by atoms with van der Waals surface area (Å²) >= 11 is 0. The zero-order valence-corrected chi connectivity index (χ0v) is 14.6. The van der Waals surface area contributed by atoms with Crippen LogP contribution in [-0.2, 0) is 10.2 Å². The lowest BCUT2D eigenvalue weighted by Gasteiger charge is -2.29. The van der Waals surface area contributed by atoms with Gasteiger partial charge in [-0.25, -0.2) is 4.79 Å². The minimum Gasteiger partial charge on any atom is -0.444 e. The molecule has 2 saturated carbocycles.